The van der Waals surface area contributed by atoms with Gasteiger partial charge in [0.05, 0.1) is 24.4 Å². The number of hydrogen-bond donors (Lipinski definition) is 1. The van der Waals surface area contributed by atoms with Gasteiger partial charge >= 0.3 is 0 Å². The molecule has 4 heteroatoms. The number of quaternary nitrogens is 1. The minimum absolute atomic E-state index is 0.375. The van der Waals surface area contributed by atoms with E-state index in [2.05, 4.69) is 7.05 Å². The molecule has 13 heavy (non-hydrogen) atoms. The lowest BCUT2D eigenvalue weighted by Gasteiger charge is -2.18. The van der Waals surface area contributed by atoms with Crippen LogP contribution in [0.2, 0.25) is 0 Å². The van der Waals surface area contributed by atoms with Gasteiger partial charge in [0.2, 0.25) is 0 Å². The van der Waals surface area contributed by atoms with Gasteiger partial charge in [0.1, 0.15) is 6.54 Å². The fraction of sp³-hybridized carbons (Fsp3) is 0.444. The second-order valence-corrected chi connectivity index (χ2v) is 4.62. The largest absolute Gasteiger partial charge is 0.544 e. The number of rotatable bonds is 1. The molecular weight excluding hydrogens is 186 g/mol. The first-order valence-corrected chi connectivity index (χ1v) is 5.12. The molecule has 0 saturated heterocycles. The maximum Gasteiger partial charge on any atom is 0.104 e. The van der Waals surface area contributed by atoms with Crippen molar-refractivity contribution in [3.05, 3.63) is 21.4 Å². The van der Waals surface area contributed by atoms with Crippen LogP contribution in [-0.4, -0.2) is 19.6 Å². The van der Waals surface area contributed by atoms with Crippen molar-refractivity contribution in [1.82, 2.24) is 0 Å². The van der Waals surface area contributed by atoms with Crippen LogP contribution in [0.25, 0.3) is 0 Å². The molecule has 1 unspecified atom stereocenters. The van der Waals surface area contributed by atoms with Gasteiger partial charge in [-0.2, -0.15) is 0 Å². The number of carbonyl (C=O) groups is 1. The Bertz CT molecular complexity index is 345. The molecule has 2 rings (SSSR count). The Hall–Kier alpha value is -0.870. The molecule has 1 aliphatic heterocycles. The van der Waals surface area contributed by atoms with Gasteiger partial charge in [0, 0.05) is 16.9 Å². The maximum atomic E-state index is 10.6. The lowest BCUT2D eigenvalue weighted by Crippen LogP contribution is -3.08. The van der Waals surface area contributed by atoms with E-state index in [9.17, 15) is 9.90 Å². The van der Waals surface area contributed by atoms with Crippen LogP contribution >= 0.6 is 11.3 Å². The Balaban J connectivity index is 2.33. The molecule has 0 bridgehead atoms. The highest BCUT2D eigenvalue weighted by atomic mass is 32.1. The van der Waals surface area contributed by atoms with Crippen molar-refractivity contribution in [3.8, 4) is 0 Å². The van der Waals surface area contributed by atoms with Crippen molar-refractivity contribution >= 4 is 17.3 Å². The Kier molecular flexibility index (Phi) is 2.09. The fourth-order valence-corrected chi connectivity index (χ4v) is 2.68. The molecule has 3 nitrogen and oxygen atoms in total. The summed E-state index contributed by atoms with van der Waals surface area (Å²) in [5.41, 5.74) is 1.19. The lowest BCUT2D eigenvalue weighted by molar-refractivity contribution is -0.895. The van der Waals surface area contributed by atoms with E-state index in [1.165, 1.54) is 26.7 Å². The van der Waals surface area contributed by atoms with E-state index < -0.39 is 5.97 Å². The average molecular weight is 197 g/mol. The molecule has 0 saturated carbocycles. The van der Waals surface area contributed by atoms with Gasteiger partial charge in [0.25, 0.3) is 0 Å². The van der Waals surface area contributed by atoms with Gasteiger partial charge in [-0.1, -0.05) is 0 Å². The highest BCUT2D eigenvalue weighted by Crippen LogP contribution is 2.23. The molecule has 1 aliphatic rings. The van der Waals surface area contributed by atoms with Crippen molar-refractivity contribution in [3.63, 3.8) is 0 Å². The van der Waals surface area contributed by atoms with E-state index in [1.54, 1.807) is 6.07 Å². The highest BCUT2D eigenvalue weighted by Gasteiger charge is 2.19. The number of fused-ring (bicyclic) bond motifs is 1. The number of likely N-dealkylation sites (N-methyl/N-ethyl adjacent to an activating group) is 1. The van der Waals surface area contributed by atoms with Crippen molar-refractivity contribution in [2.75, 3.05) is 13.6 Å². The van der Waals surface area contributed by atoms with Crippen LogP contribution in [0.15, 0.2) is 6.07 Å². The fourth-order valence-electron chi connectivity index (χ4n) is 1.67. The molecule has 0 aliphatic carbocycles. The van der Waals surface area contributed by atoms with Gasteiger partial charge in [-0.05, 0) is 6.07 Å². The SMILES string of the molecule is C[NH+]1CCc2sc(C(=O)[O-])cc2C1. The zero-order valence-corrected chi connectivity index (χ0v) is 8.24. The summed E-state index contributed by atoms with van der Waals surface area (Å²) in [6.07, 6.45) is 0.999. The first-order valence-electron chi connectivity index (χ1n) is 4.31. The van der Waals surface area contributed by atoms with E-state index in [4.69, 9.17) is 0 Å². The van der Waals surface area contributed by atoms with Gasteiger partial charge < -0.3 is 14.8 Å². The van der Waals surface area contributed by atoms with Gasteiger partial charge in [-0.25, -0.2) is 0 Å². The van der Waals surface area contributed by atoms with E-state index in [-0.39, 0.29) is 0 Å². The van der Waals surface area contributed by atoms with Crippen LogP contribution in [0.1, 0.15) is 20.1 Å². The van der Waals surface area contributed by atoms with Gasteiger partial charge in [-0.15, -0.1) is 11.3 Å². The van der Waals surface area contributed by atoms with Crippen molar-refractivity contribution in [1.29, 1.82) is 0 Å². The van der Waals surface area contributed by atoms with Crippen LogP contribution in [0.3, 0.4) is 0 Å². The molecule has 1 aromatic heterocycles. The molecule has 2 heterocycles. The van der Waals surface area contributed by atoms with E-state index in [1.807, 2.05) is 0 Å². The summed E-state index contributed by atoms with van der Waals surface area (Å²) in [7, 11) is 2.12. The first-order chi connectivity index (χ1) is 6.16. The number of aromatic carboxylic acids is 1. The molecule has 1 aromatic rings. The van der Waals surface area contributed by atoms with Crippen LogP contribution in [-0.2, 0) is 13.0 Å². The third kappa shape index (κ3) is 1.59. The zero-order chi connectivity index (χ0) is 9.42. The van der Waals surface area contributed by atoms with Crippen LogP contribution in [0, 0.1) is 0 Å². The van der Waals surface area contributed by atoms with Crippen LogP contribution in [0.5, 0.6) is 0 Å². The highest BCUT2D eigenvalue weighted by molar-refractivity contribution is 7.14. The van der Waals surface area contributed by atoms with Gasteiger partial charge in [-0.3, -0.25) is 0 Å². The number of nitrogens with one attached hydrogen (secondary N) is 1. The Morgan fingerprint density at radius 1 is 1.69 bits per heavy atom. The number of carboxylic acids is 1. The monoisotopic (exact) mass is 197 g/mol. The summed E-state index contributed by atoms with van der Waals surface area (Å²) in [6.45, 7) is 2.04. The first kappa shape index (κ1) is 8.72. The standard InChI is InChI=1S/C9H11NO2S/c1-10-3-2-7-6(5-10)4-8(13-7)9(11)12/h4H,2-3,5H2,1H3,(H,11,12). The van der Waals surface area contributed by atoms with E-state index >= 15 is 0 Å². The molecule has 0 amide bonds. The molecular formula is C9H11NO2S. The van der Waals surface area contributed by atoms with Gasteiger partial charge in [0.15, 0.2) is 0 Å². The summed E-state index contributed by atoms with van der Waals surface area (Å²) in [6, 6.07) is 1.76. The minimum atomic E-state index is -1.04. The predicted octanol–water partition coefficient (Wildman–Crippen LogP) is -1.32. The quantitative estimate of drug-likeness (QED) is 0.607. The molecule has 0 fully saturated rings. The van der Waals surface area contributed by atoms with Crippen molar-refractivity contribution < 1.29 is 14.8 Å². The molecule has 0 radical (unpaired) electrons. The molecule has 70 valence electrons. The van der Waals surface area contributed by atoms with Crippen molar-refractivity contribution in [2.24, 2.45) is 0 Å². The molecule has 1 N–H and O–H groups in total. The summed E-state index contributed by atoms with van der Waals surface area (Å²) in [5, 5.41) is 10.6. The second-order valence-electron chi connectivity index (χ2n) is 3.48. The smallest absolute Gasteiger partial charge is 0.104 e. The third-order valence-electron chi connectivity index (χ3n) is 2.37. The number of carboxylic acid groups (broad SMARTS) is 1. The number of thiophene rings is 1. The van der Waals surface area contributed by atoms with Crippen molar-refractivity contribution in [2.45, 2.75) is 13.0 Å². The van der Waals surface area contributed by atoms with Crippen LogP contribution < -0.4 is 10.0 Å². The number of hydrogen-bond acceptors (Lipinski definition) is 3. The van der Waals surface area contributed by atoms with E-state index in [0.717, 1.165) is 19.5 Å². The maximum absolute atomic E-state index is 10.6. The van der Waals surface area contributed by atoms with E-state index in [0.29, 0.717) is 4.88 Å². The minimum Gasteiger partial charge on any atom is -0.544 e. The summed E-state index contributed by atoms with van der Waals surface area (Å²) < 4.78 is 0. The normalized spacial score (nSPS) is 21.2. The topological polar surface area (TPSA) is 44.6 Å². The summed E-state index contributed by atoms with van der Waals surface area (Å²) in [5.74, 6) is -1.04. The Morgan fingerprint density at radius 3 is 3.15 bits per heavy atom. The Morgan fingerprint density at radius 2 is 2.46 bits per heavy atom. The second kappa shape index (κ2) is 3.12. The van der Waals surface area contributed by atoms with Crippen LogP contribution in [0.4, 0.5) is 0 Å². The Labute approximate surface area is 80.6 Å². The zero-order valence-electron chi connectivity index (χ0n) is 7.42. The predicted molar refractivity (Wildman–Crippen MR) is 47.8 cm³/mol. The third-order valence-corrected chi connectivity index (χ3v) is 3.59. The molecule has 0 aromatic carbocycles. The summed E-state index contributed by atoms with van der Waals surface area (Å²) in [4.78, 5) is 13.6. The molecule has 1 atom stereocenters. The molecule has 0 spiro atoms. The lowest BCUT2D eigenvalue weighted by atomic mass is 10.1. The average Bonchev–Trinajstić information content (AvgIpc) is 2.46. The summed E-state index contributed by atoms with van der Waals surface area (Å²) >= 11 is 1.37. The number of carbonyl (C=O) groups excluding carboxylic acids is 1.